The van der Waals surface area contributed by atoms with E-state index in [1.807, 2.05) is 6.92 Å². The third kappa shape index (κ3) is 6.08. The Kier molecular flexibility index (Phi) is 9.97. The predicted molar refractivity (Wildman–Crippen MR) is 113 cm³/mol. The molecular weight excluding hydrogens is 378 g/mol. The van der Waals surface area contributed by atoms with Gasteiger partial charge in [0.15, 0.2) is 12.0 Å². The molecule has 9 nitrogen and oxygen atoms in total. The van der Waals surface area contributed by atoms with Gasteiger partial charge in [0.25, 0.3) is 0 Å². The summed E-state index contributed by atoms with van der Waals surface area (Å²) in [7, 11) is 4.80. The van der Waals surface area contributed by atoms with Gasteiger partial charge in [-0.05, 0) is 19.9 Å². The van der Waals surface area contributed by atoms with E-state index in [0.717, 1.165) is 6.61 Å². The van der Waals surface area contributed by atoms with Gasteiger partial charge in [-0.2, -0.15) is 0 Å². The highest BCUT2D eigenvalue weighted by molar-refractivity contribution is 6.13. The zero-order chi connectivity index (χ0) is 21.8. The number of aliphatic imine (C=N–C) groups is 1. The average molecular weight is 405 g/mol. The van der Waals surface area contributed by atoms with E-state index in [-0.39, 0.29) is 18.1 Å². The standard InChI is InChI=1S/C17H19N3O5.C3H8O/c1-4-24-17(22)20-16-12-5-11(10(7-18)8-19-2)13(23-3)6-14(12)25-15(16)9-21;1-3-4-2/h5-9H,4,18H2,1-3H3,(H,20,22);3H2,1-2H3/b10-7+,19-8?;. The second kappa shape index (κ2) is 12.2. The minimum absolute atomic E-state index is 0.0234. The van der Waals surface area contributed by atoms with Crippen molar-refractivity contribution in [3.05, 3.63) is 29.7 Å². The van der Waals surface area contributed by atoms with E-state index in [0.29, 0.717) is 34.1 Å². The van der Waals surface area contributed by atoms with E-state index in [4.69, 9.17) is 19.6 Å². The molecule has 158 valence electrons. The molecule has 1 aromatic heterocycles. The lowest BCUT2D eigenvalue weighted by molar-refractivity contribution is 0.110. The number of rotatable bonds is 7. The minimum Gasteiger partial charge on any atom is -0.496 e. The fraction of sp³-hybridized carbons (Fsp3) is 0.350. The van der Waals surface area contributed by atoms with Crippen LogP contribution in [0.3, 0.4) is 0 Å². The van der Waals surface area contributed by atoms with Crippen molar-refractivity contribution >= 4 is 40.8 Å². The van der Waals surface area contributed by atoms with E-state index in [1.54, 1.807) is 39.4 Å². The Hall–Kier alpha value is -3.33. The minimum atomic E-state index is -0.685. The molecule has 0 aliphatic carbocycles. The van der Waals surface area contributed by atoms with Gasteiger partial charge >= 0.3 is 6.09 Å². The molecule has 9 heteroatoms. The van der Waals surface area contributed by atoms with Crippen LogP contribution < -0.4 is 15.8 Å². The number of hydrogen-bond donors (Lipinski definition) is 2. The summed E-state index contributed by atoms with van der Waals surface area (Å²) in [6.07, 6.45) is 2.79. The number of fused-ring (bicyclic) bond motifs is 1. The first kappa shape index (κ1) is 23.7. The van der Waals surface area contributed by atoms with E-state index in [2.05, 4.69) is 15.0 Å². The lowest BCUT2D eigenvalue weighted by Crippen LogP contribution is -2.14. The van der Waals surface area contributed by atoms with E-state index in [1.165, 1.54) is 13.3 Å². The molecule has 0 atom stereocenters. The number of carbonyl (C=O) groups is 2. The molecular formula is C20H27N3O6. The number of nitrogens with two attached hydrogens (primary N) is 1. The van der Waals surface area contributed by atoms with Crippen molar-refractivity contribution in [3.63, 3.8) is 0 Å². The Bertz CT molecular complexity index is 884. The topological polar surface area (TPSA) is 125 Å². The van der Waals surface area contributed by atoms with Crippen LogP contribution >= 0.6 is 0 Å². The molecule has 0 spiro atoms. The van der Waals surface area contributed by atoms with Crippen LogP contribution in [-0.2, 0) is 9.47 Å². The maximum absolute atomic E-state index is 11.8. The SMILES string of the molecule is CCOC.CCOC(=O)Nc1c(C=O)oc2cc(OC)c(/C(C=NC)=C/N)cc12. The van der Waals surface area contributed by atoms with Crippen molar-refractivity contribution in [2.75, 3.05) is 39.8 Å². The molecule has 0 aliphatic rings. The molecule has 0 unspecified atom stereocenters. The molecule has 1 heterocycles. The van der Waals surface area contributed by atoms with Crippen molar-refractivity contribution in [1.29, 1.82) is 0 Å². The Morgan fingerprint density at radius 1 is 1.28 bits per heavy atom. The summed E-state index contributed by atoms with van der Waals surface area (Å²) in [4.78, 5) is 27.0. The third-order valence-electron chi connectivity index (χ3n) is 3.69. The summed E-state index contributed by atoms with van der Waals surface area (Å²) in [6.45, 7) is 4.66. The van der Waals surface area contributed by atoms with Crippen molar-refractivity contribution < 1.29 is 28.2 Å². The number of hydrogen-bond acceptors (Lipinski definition) is 8. The van der Waals surface area contributed by atoms with Gasteiger partial charge < -0.3 is 24.4 Å². The summed E-state index contributed by atoms with van der Waals surface area (Å²) in [5, 5.41) is 3.04. The molecule has 0 radical (unpaired) electrons. The van der Waals surface area contributed by atoms with Crippen molar-refractivity contribution in [1.82, 2.24) is 0 Å². The first-order valence-electron chi connectivity index (χ1n) is 8.87. The van der Waals surface area contributed by atoms with Crippen LogP contribution in [0, 0.1) is 0 Å². The van der Waals surface area contributed by atoms with Gasteiger partial charge in [0.2, 0.25) is 0 Å². The lowest BCUT2D eigenvalue weighted by atomic mass is 10.0. The van der Waals surface area contributed by atoms with E-state index in [9.17, 15) is 9.59 Å². The summed E-state index contributed by atoms with van der Waals surface area (Å²) >= 11 is 0. The number of ether oxygens (including phenoxy) is 3. The molecule has 0 saturated heterocycles. The maximum atomic E-state index is 11.8. The smallest absolute Gasteiger partial charge is 0.411 e. The highest BCUT2D eigenvalue weighted by Gasteiger charge is 2.20. The maximum Gasteiger partial charge on any atom is 0.411 e. The first-order chi connectivity index (χ1) is 14.0. The van der Waals surface area contributed by atoms with Gasteiger partial charge in [-0.3, -0.25) is 15.1 Å². The molecule has 2 rings (SSSR count). The average Bonchev–Trinajstić information content (AvgIpc) is 3.07. The van der Waals surface area contributed by atoms with Crippen LogP contribution in [0.5, 0.6) is 5.75 Å². The van der Waals surface area contributed by atoms with Crippen LogP contribution in [-0.4, -0.2) is 53.1 Å². The van der Waals surface area contributed by atoms with Crippen molar-refractivity contribution in [2.45, 2.75) is 13.8 Å². The van der Waals surface area contributed by atoms with Crippen LogP contribution in [0.15, 0.2) is 27.7 Å². The van der Waals surface area contributed by atoms with E-state index >= 15 is 0 Å². The third-order valence-corrected chi connectivity index (χ3v) is 3.69. The molecule has 1 aromatic carbocycles. The fourth-order valence-corrected chi connectivity index (χ4v) is 2.36. The van der Waals surface area contributed by atoms with Gasteiger partial charge in [0.05, 0.1) is 13.7 Å². The Morgan fingerprint density at radius 2 is 1.97 bits per heavy atom. The normalized spacial score (nSPS) is 11.1. The second-order valence-corrected chi connectivity index (χ2v) is 5.44. The van der Waals surface area contributed by atoms with Gasteiger partial charge in [-0.1, -0.05) is 0 Å². The van der Waals surface area contributed by atoms with Crippen molar-refractivity contribution in [2.24, 2.45) is 10.7 Å². The number of carbonyl (C=O) groups excluding carboxylic acids is 2. The summed E-state index contributed by atoms with van der Waals surface area (Å²) in [5.41, 5.74) is 7.51. The monoisotopic (exact) mass is 405 g/mol. The number of amides is 1. The van der Waals surface area contributed by atoms with E-state index < -0.39 is 6.09 Å². The summed E-state index contributed by atoms with van der Waals surface area (Å²) in [5.74, 6) is 0.461. The van der Waals surface area contributed by atoms with Gasteiger partial charge in [0.1, 0.15) is 17.0 Å². The van der Waals surface area contributed by atoms with Crippen LogP contribution in [0.2, 0.25) is 0 Å². The zero-order valence-electron chi connectivity index (χ0n) is 17.3. The Labute approximate surface area is 169 Å². The Balaban J connectivity index is 0.000000960. The number of furan rings is 1. The number of aldehydes is 1. The van der Waals surface area contributed by atoms with Gasteiger partial charge in [-0.25, -0.2) is 4.79 Å². The fourth-order valence-electron chi connectivity index (χ4n) is 2.36. The number of nitrogens with one attached hydrogen (secondary N) is 1. The number of methoxy groups -OCH3 is 2. The highest BCUT2D eigenvalue weighted by atomic mass is 16.5. The van der Waals surface area contributed by atoms with Crippen LogP contribution in [0.25, 0.3) is 16.5 Å². The quantitative estimate of drug-likeness (QED) is 0.533. The molecule has 0 saturated carbocycles. The molecule has 2 aromatic rings. The molecule has 0 fully saturated rings. The molecule has 0 aliphatic heterocycles. The number of allylic oxidation sites excluding steroid dienone is 1. The number of anilines is 1. The predicted octanol–water partition coefficient (Wildman–Crippen LogP) is 3.48. The molecule has 1 amide bonds. The molecule has 3 N–H and O–H groups in total. The van der Waals surface area contributed by atoms with Crippen LogP contribution in [0.1, 0.15) is 30.0 Å². The number of benzene rings is 1. The Morgan fingerprint density at radius 3 is 2.45 bits per heavy atom. The first-order valence-corrected chi connectivity index (χ1v) is 8.87. The highest BCUT2D eigenvalue weighted by Crippen LogP contribution is 2.37. The van der Waals surface area contributed by atoms with Crippen LogP contribution in [0.4, 0.5) is 10.5 Å². The second-order valence-electron chi connectivity index (χ2n) is 5.44. The summed E-state index contributed by atoms with van der Waals surface area (Å²) in [6, 6.07) is 3.31. The van der Waals surface area contributed by atoms with Crippen molar-refractivity contribution in [3.8, 4) is 5.75 Å². The number of nitrogens with zero attached hydrogens (tertiary/aromatic N) is 1. The zero-order valence-corrected chi connectivity index (χ0v) is 17.3. The lowest BCUT2D eigenvalue weighted by Gasteiger charge is -2.09. The van der Waals surface area contributed by atoms with Gasteiger partial charge in [-0.15, -0.1) is 0 Å². The molecule has 0 bridgehead atoms. The molecule has 29 heavy (non-hydrogen) atoms. The largest absolute Gasteiger partial charge is 0.496 e. The van der Waals surface area contributed by atoms with Gasteiger partial charge in [0, 0.05) is 55.8 Å². The summed E-state index contributed by atoms with van der Waals surface area (Å²) < 4.78 is 20.3.